The monoisotopic (exact) mass is 192 g/mol. The van der Waals surface area contributed by atoms with Gasteiger partial charge in [-0.05, 0) is 31.4 Å². The number of aromatic nitrogens is 1. The average Bonchev–Trinajstić information content (AvgIpc) is 2.18. The molecule has 1 unspecified atom stereocenters. The summed E-state index contributed by atoms with van der Waals surface area (Å²) in [5.74, 6) is 0.647. The fourth-order valence-electron chi connectivity index (χ4n) is 1.19. The molecule has 0 aliphatic rings. The molecule has 1 atom stereocenters. The summed E-state index contributed by atoms with van der Waals surface area (Å²) >= 11 is 0. The van der Waals surface area contributed by atoms with E-state index in [0.29, 0.717) is 12.0 Å². The highest BCUT2D eigenvalue weighted by molar-refractivity contribution is 5.44. The Hall–Kier alpha value is -1.05. The van der Waals surface area contributed by atoms with Crippen LogP contribution >= 0.6 is 0 Å². The summed E-state index contributed by atoms with van der Waals surface area (Å²) in [4.78, 5) is 4.27. The predicted molar refractivity (Wildman–Crippen MR) is 61.5 cm³/mol. The zero-order valence-electron chi connectivity index (χ0n) is 9.54. The number of hydrogen-bond acceptors (Lipinski definition) is 2. The molecule has 1 rings (SSSR count). The minimum atomic E-state index is 0.502. The lowest BCUT2D eigenvalue weighted by Gasteiger charge is -2.18. The van der Waals surface area contributed by atoms with Gasteiger partial charge in [0.15, 0.2) is 0 Å². The van der Waals surface area contributed by atoms with Gasteiger partial charge in [0, 0.05) is 23.6 Å². The van der Waals surface area contributed by atoms with Crippen LogP contribution in [0.1, 0.15) is 33.4 Å². The van der Waals surface area contributed by atoms with Gasteiger partial charge in [0.1, 0.15) is 0 Å². The highest BCUT2D eigenvalue weighted by Gasteiger charge is 2.06. The number of anilines is 1. The summed E-state index contributed by atoms with van der Waals surface area (Å²) in [6.07, 6.45) is 2.86. The van der Waals surface area contributed by atoms with Gasteiger partial charge in [-0.3, -0.25) is 4.98 Å². The molecule has 2 nitrogen and oxygen atoms in total. The number of pyridine rings is 1. The van der Waals surface area contributed by atoms with E-state index in [4.69, 9.17) is 0 Å². The molecule has 0 saturated carbocycles. The summed E-state index contributed by atoms with van der Waals surface area (Å²) in [5.41, 5.74) is 2.32. The van der Waals surface area contributed by atoms with Crippen molar-refractivity contribution in [3.05, 3.63) is 24.0 Å². The lowest BCUT2D eigenvalue weighted by atomic mass is 10.1. The van der Waals surface area contributed by atoms with Crippen LogP contribution in [0.2, 0.25) is 0 Å². The van der Waals surface area contributed by atoms with Crippen LogP contribution in [0.3, 0.4) is 0 Å². The van der Waals surface area contributed by atoms with Crippen LogP contribution in [0.5, 0.6) is 0 Å². The molecule has 0 aromatic carbocycles. The Morgan fingerprint density at radius 3 is 2.64 bits per heavy atom. The summed E-state index contributed by atoms with van der Waals surface area (Å²) in [6, 6.07) is 4.65. The second-order valence-corrected chi connectivity index (χ2v) is 4.07. The molecule has 0 radical (unpaired) electrons. The van der Waals surface area contributed by atoms with Gasteiger partial charge in [-0.2, -0.15) is 0 Å². The van der Waals surface area contributed by atoms with Crippen molar-refractivity contribution in [1.29, 1.82) is 0 Å². The van der Waals surface area contributed by atoms with Crippen molar-refractivity contribution in [3.8, 4) is 0 Å². The van der Waals surface area contributed by atoms with Crippen LogP contribution in [0.25, 0.3) is 0 Å². The summed E-state index contributed by atoms with van der Waals surface area (Å²) in [5, 5.41) is 3.48. The molecular formula is C12H20N2. The van der Waals surface area contributed by atoms with Crippen molar-refractivity contribution in [2.24, 2.45) is 5.92 Å². The molecule has 0 bridgehead atoms. The molecule has 14 heavy (non-hydrogen) atoms. The normalized spacial score (nSPS) is 12.9. The molecule has 0 amide bonds. The van der Waals surface area contributed by atoms with Crippen molar-refractivity contribution in [2.75, 3.05) is 5.32 Å². The van der Waals surface area contributed by atoms with E-state index in [1.54, 1.807) is 0 Å². The Bertz CT molecular complexity index is 281. The Labute approximate surface area is 86.8 Å². The van der Waals surface area contributed by atoms with E-state index in [-0.39, 0.29) is 0 Å². The standard InChI is InChI=1S/C12H20N2/c1-5-11-8-12(6-7-13-11)14-10(4)9(2)3/h6-10H,5H2,1-4H3,(H,13,14). The van der Waals surface area contributed by atoms with Gasteiger partial charge < -0.3 is 5.32 Å². The fourth-order valence-corrected chi connectivity index (χ4v) is 1.19. The van der Waals surface area contributed by atoms with Crippen LogP contribution in [0.15, 0.2) is 18.3 Å². The number of hydrogen-bond donors (Lipinski definition) is 1. The van der Waals surface area contributed by atoms with Crippen LogP contribution < -0.4 is 5.32 Å². The SMILES string of the molecule is CCc1cc(NC(C)C(C)C)ccn1. The van der Waals surface area contributed by atoms with Gasteiger partial charge in [-0.15, -0.1) is 0 Å². The minimum absolute atomic E-state index is 0.502. The van der Waals surface area contributed by atoms with Gasteiger partial charge >= 0.3 is 0 Å². The first-order valence-corrected chi connectivity index (χ1v) is 5.35. The molecular weight excluding hydrogens is 172 g/mol. The molecule has 2 heteroatoms. The first kappa shape index (κ1) is 11.0. The largest absolute Gasteiger partial charge is 0.382 e. The van der Waals surface area contributed by atoms with E-state index in [0.717, 1.165) is 12.1 Å². The van der Waals surface area contributed by atoms with Crippen molar-refractivity contribution in [2.45, 2.75) is 40.2 Å². The van der Waals surface area contributed by atoms with Gasteiger partial charge in [0.2, 0.25) is 0 Å². The van der Waals surface area contributed by atoms with Gasteiger partial charge in [0.05, 0.1) is 0 Å². The van der Waals surface area contributed by atoms with Crippen LogP contribution in [-0.4, -0.2) is 11.0 Å². The van der Waals surface area contributed by atoms with E-state index in [2.05, 4.69) is 44.1 Å². The van der Waals surface area contributed by atoms with E-state index < -0.39 is 0 Å². The highest BCUT2D eigenvalue weighted by Crippen LogP contribution is 2.13. The number of nitrogens with one attached hydrogen (secondary N) is 1. The maximum absolute atomic E-state index is 4.27. The van der Waals surface area contributed by atoms with Crippen LogP contribution in [0, 0.1) is 5.92 Å². The highest BCUT2D eigenvalue weighted by atomic mass is 14.9. The molecule has 0 aliphatic heterocycles. The molecule has 1 heterocycles. The fraction of sp³-hybridized carbons (Fsp3) is 0.583. The summed E-state index contributed by atoms with van der Waals surface area (Å²) in [6.45, 7) is 8.77. The van der Waals surface area contributed by atoms with Crippen molar-refractivity contribution in [3.63, 3.8) is 0 Å². The third-order valence-electron chi connectivity index (χ3n) is 2.57. The molecule has 0 fully saturated rings. The molecule has 1 N–H and O–H groups in total. The smallest absolute Gasteiger partial charge is 0.0421 e. The van der Waals surface area contributed by atoms with Crippen molar-refractivity contribution < 1.29 is 0 Å². The van der Waals surface area contributed by atoms with E-state index in [1.807, 2.05) is 12.3 Å². The Morgan fingerprint density at radius 1 is 1.36 bits per heavy atom. The average molecular weight is 192 g/mol. The lowest BCUT2D eigenvalue weighted by molar-refractivity contribution is 0.560. The summed E-state index contributed by atoms with van der Waals surface area (Å²) < 4.78 is 0. The second-order valence-electron chi connectivity index (χ2n) is 4.07. The minimum Gasteiger partial charge on any atom is -0.382 e. The maximum atomic E-state index is 4.27. The van der Waals surface area contributed by atoms with E-state index in [1.165, 1.54) is 5.69 Å². The summed E-state index contributed by atoms with van der Waals surface area (Å²) in [7, 11) is 0. The van der Waals surface area contributed by atoms with Gasteiger partial charge in [-0.1, -0.05) is 20.8 Å². The van der Waals surface area contributed by atoms with Gasteiger partial charge in [0.25, 0.3) is 0 Å². The van der Waals surface area contributed by atoms with Crippen molar-refractivity contribution >= 4 is 5.69 Å². The maximum Gasteiger partial charge on any atom is 0.0421 e. The number of rotatable bonds is 4. The third kappa shape index (κ3) is 3.02. The quantitative estimate of drug-likeness (QED) is 0.793. The topological polar surface area (TPSA) is 24.9 Å². The van der Waals surface area contributed by atoms with Crippen LogP contribution in [-0.2, 0) is 6.42 Å². The zero-order chi connectivity index (χ0) is 10.6. The predicted octanol–water partition coefficient (Wildman–Crippen LogP) is 3.10. The first-order valence-electron chi connectivity index (χ1n) is 5.35. The van der Waals surface area contributed by atoms with Crippen molar-refractivity contribution in [1.82, 2.24) is 4.98 Å². The third-order valence-corrected chi connectivity index (χ3v) is 2.57. The molecule has 78 valence electrons. The molecule has 0 aliphatic carbocycles. The Morgan fingerprint density at radius 2 is 2.07 bits per heavy atom. The molecule has 0 spiro atoms. The lowest BCUT2D eigenvalue weighted by Crippen LogP contribution is -2.21. The number of aryl methyl sites for hydroxylation is 1. The van der Waals surface area contributed by atoms with E-state index in [9.17, 15) is 0 Å². The van der Waals surface area contributed by atoms with Crippen LogP contribution in [0.4, 0.5) is 5.69 Å². The van der Waals surface area contributed by atoms with Gasteiger partial charge in [-0.25, -0.2) is 0 Å². The number of nitrogens with zero attached hydrogens (tertiary/aromatic N) is 1. The molecule has 1 aromatic rings. The Kier molecular flexibility index (Phi) is 3.93. The zero-order valence-corrected chi connectivity index (χ0v) is 9.54. The second kappa shape index (κ2) is 4.99. The molecule has 1 aromatic heterocycles. The Balaban J connectivity index is 2.66. The van der Waals surface area contributed by atoms with E-state index >= 15 is 0 Å². The first-order chi connectivity index (χ1) is 6.63. The molecule has 0 saturated heterocycles.